The van der Waals surface area contributed by atoms with Gasteiger partial charge < -0.3 is 9.14 Å². The highest BCUT2D eigenvalue weighted by Gasteiger charge is 2.04. The largest absolute Gasteiger partial charge is 0.494 e. The van der Waals surface area contributed by atoms with Crippen LogP contribution in [0.3, 0.4) is 0 Å². The van der Waals surface area contributed by atoms with Crippen molar-refractivity contribution in [2.45, 2.75) is 26.7 Å². The summed E-state index contributed by atoms with van der Waals surface area (Å²) in [7, 11) is 0. The van der Waals surface area contributed by atoms with Crippen LogP contribution in [-0.4, -0.2) is 16.0 Å². The van der Waals surface area contributed by atoms with Gasteiger partial charge in [0.15, 0.2) is 0 Å². The van der Waals surface area contributed by atoms with E-state index in [2.05, 4.69) is 49.3 Å². The molecule has 0 aliphatic rings. The van der Waals surface area contributed by atoms with Gasteiger partial charge in [-0.2, -0.15) is 0 Å². The molecule has 0 bridgehead atoms. The van der Waals surface area contributed by atoms with E-state index in [0.717, 1.165) is 42.1 Å². The van der Waals surface area contributed by atoms with Gasteiger partial charge in [-0.25, -0.2) is 4.98 Å². The fourth-order valence-corrected chi connectivity index (χ4v) is 2.28. The summed E-state index contributed by atoms with van der Waals surface area (Å²) in [5, 5.41) is 0. The highest BCUT2D eigenvalue weighted by atomic mass is 79.9. The molecular weight excluding hydrogens is 340 g/mol. The zero-order chi connectivity index (χ0) is 14.7. The monoisotopic (exact) mass is 360 g/mol. The minimum atomic E-state index is 0. The maximum atomic E-state index is 5.69. The van der Waals surface area contributed by atoms with Crippen molar-refractivity contribution in [3.05, 3.63) is 54.4 Å². The number of halogens is 1. The van der Waals surface area contributed by atoms with Crippen molar-refractivity contribution in [1.82, 2.24) is 9.38 Å². The maximum Gasteiger partial charge on any atom is 0.137 e. The van der Waals surface area contributed by atoms with Crippen LogP contribution in [0.4, 0.5) is 0 Å². The van der Waals surface area contributed by atoms with Crippen LogP contribution in [0.1, 0.15) is 25.3 Å². The summed E-state index contributed by atoms with van der Waals surface area (Å²) in [4.78, 5) is 4.67. The molecule has 0 radical (unpaired) electrons. The fourth-order valence-electron chi connectivity index (χ4n) is 2.28. The summed E-state index contributed by atoms with van der Waals surface area (Å²) in [5.41, 5.74) is 4.30. The number of unbranched alkanes of at least 4 members (excludes halogenated alkanes) is 1. The quantitative estimate of drug-likeness (QED) is 0.594. The first-order valence-corrected chi connectivity index (χ1v) is 7.45. The number of pyridine rings is 1. The fraction of sp³-hybridized carbons (Fsp3) is 0.278. The van der Waals surface area contributed by atoms with Crippen molar-refractivity contribution in [3.63, 3.8) is 0 Å². The molecule has 4 heteroatoms. The standard InChI is InChI=1S/C18H20N2O.BrH/c1-3-4-11-21-16-7-5-15(6-8-16)17-13-20-10-9-14(2)12-18(20)19-17;/h5-10,12-13H,3-4,11H2,1-2H3;1H. The number of benzene rings is 1. The molecular formula is C18H21BrN2O. The van der Waals surface area contributed by atoms with Gasteiger partial charge in [-0.05, 0) is 55.3 Å². The van der Waals surface area contributed by atoms with Crippen LogP contribution >= 0.6 is 17.0 Å². The molecule has 2 heterocycles. The maximum absolute atomic E-state index is 5.69. The van der Waals surface area contributed by atoms with E-state index in [0.29, 0.717) is 0 Å². The van der Waals surface area contributed by atoms with Crippen molar-refractivity contribution < 1.29 is 4.74 Å². The summed E-state index contributed by atoms with van der Waals surface area (Å²) in [6, 6.07) is 12.3. The first-order chi connectivity index (χ1) is 10.3. The van der Waals surface area contributed by atoms with Crippen LogP contribution in [0.2, 0.25) is 0 Å². The summed E-state index contributed by atoms with van der Waals surface area (Å²) >= 11 is 0. The molecule has 0 unspecified atom stereocenters. The van der Waals surface area contributed by atoms with Crippen molar-refractivity contribution in [2.75, 3.05) is 6.61 Å². The number of aromatic nitrogens is 2. The number of aryl methyl sites for hydroxylation is 1. The Labute approximate surface area is 141 Å². The second-order valence-corrected chi connectivity index (χ2v) is 5.32. The topological polar surface area (TPSA) is 26.5 Å². The van der Waals surface area contributed by atoms with E-state index in [-0.39, 0.29) is 17.0 Å². The van der Waals surface area contributed by atoms with Gasteiger partial charge in [0.1, 0.15) is 11.4 Å². The van der Waals surface area contributed by atoms with Crippen molar-refractivity contribution in [3.8, 4) is 17.0 Å². The molecule has 1 aromatic carbocycles. The van der Waals surface area contributed by atoms with Gasteiger partial charge in [-0.3, -0.25) is 0 Å². The normalized spacial score (nSPS) is 10.5. The molecule has 3 nitrogen and oxygen atoms in total. The van der Waals surface area contributed by atoms with E-state index in [1.165, 1.54) is 5.56 Å². The molecule has 0 amide bonds. The molecule has 0 atom stereocenters. The van der Waals surface area contributed by atoms with Crippen molar-refractivity contribution >= 4 is 22.6 Å². The molecule has 22 heavy (non-hydrogen) atoms. The second kappa shape index (κ2) is 7.45. The Morgan fingerprint density at radius 2 is 1.91 bits per heavy atom. The van der Waals surface area contributed by atoms with E-state index >= 15 is 0 Å². The number of hydrogen-bond donors (Lipinski definition) is 0. The Kier molecular flexibility index (Phi) is 5.61. The lowest BCUT2D eigenvalue weighted by atomic mass is 10.2. The minimum Gasteiger partial charge on any atom is -0.494 e. The van der Waals surface area contributed by atoms with Crippen LogP contribution in [0.25, 0.3) is 16.9 Å². The van der Waals surface area contributed by atoms with E-state index in [1.807, 2.05) is 22.7 Å². The number of nitrogens with zero attached hydrogens (tertiary/aromatic N) is 2. The van der Waals surface area contributed by atoms with Crippen LogP contribution in [0.5, 0.6) is 5.75 Å². The Hall–Kier alpha value is -1.81. The lowest BCUT2D eigenvalue weighted by molar-refractivity contribution is 0.309. The SMILES string of the molecule is Br.CCCCOc1ccc(-c2cn3ccc(C)cc3n2)cc1. The van der Waals surface area contributed by atoms with Gasteiger partial charge in [-0.1, -0.05) is 13.3 Å². The number of ether oxygens (including phenoxy) is 1. The van der Waals surface area contributed by atoms with Crippen LogP contribution < -0.4 is 4.74 Å². The van der Waals surface area contributed by atoms with Crippen LogP contribution in [-0.2, 0) is 0 Å². The summed E-state index contributed by atoms with van der Waals surface area (Å²) in [5.74, 6) is 0.923. The molecule has 3 aromatic rings. The predicted octanol–water partition coefficient (Wildman–Crippen LogP) is 5.07. The molecule has 0 saturated carbocycles. The summed E-state index contributed by atoms with van der Waals surface area (Å²) in [6.07, 6.45) is 6.34. The number of imidazole rings is 1. The lowest BCUT2D eigenvalue weighted by Gasteiger charge is -2.05. The minimum absolute atomic E-state index is 0. The Bertz CT molecular complexity index is 734. The van der Waals surface area contributed by atoms with Gasteiger partial charge in [0.05, 0.1) is 12.3 Å². The van der Waals surface area contributed by atoms with Crippen molar-refractivity contribution in [1.29, 1.82) is 0 Å². The molecule has 0 saturated heterocycles. The number of rotatable bonds is 5. The van der Waals surface area contributed by atoms with Gasteiger partial charge in [0, 0.05) is 18.0 Å². The summed E-state index contributed by atoms with van der Waals surface area (Å²) in [6.45, 7) is 5.03. The molecule has 0 aliphatic carbocycles. The van der Waals surface area contributed by atoms with Gasteiger partial charge >= 0.3 is 0 Å². The molecule has 0 aliphatic heterocycles. The van der Waals surface area contributed by atoms with Crippen LogP contribution in [0.15, 0.2) is 48.8 Å². The molecule has 116 valence electrons. The second-order valence-electron chi connectivity index (χ2n) is 5.32. The zero-order valence-corrected chi connectivity index (χ0v) is 14.7. The third-order valence-corrected chi connectivity index (χ3v) is 3.53. The molecule has 0 spiro atoms. The first-order valence-electron chi connectivity index (χ1n) is 7.45. The van der Waals surface area contributed by atoms with Gasteiger partial charge in [0.25, 0.3) is 0 Å². The Morgan fingerprint density at radius 1 is 1.14 bits per heavy atom. The summed E-state index contributed by atoms with van der Waals surface area (Å²) < 4.78 is 7.74. The molecule has 0 fully saturated rings. The highest BCUT2D eigenvalue weighted by molar-refractivity contribution is 8.93. The lowest BCUT2D eigenvalue weighted by Crippen LogP contribution is -1.95. The predicted molar refractivity (Wildman–Crippen MR) is 96.1 cm³/mol. The third-order valence-electron chi connectivity index (χ3n) is 3.53. The molecule has 0 N–H and O–H groups in total. The molecule has 3 rings (SSSR count). The van der Waals surface area contributed by atoms with Crippen LogP contribution in [0, 0.1) is 6.92 Å². The van der Waals surface area contributed by atoms with E-state index in [1.54, 1.807) is 0 Å². The average molecular weight is 361 g/mol. The first kappa shape index (κ1) is 16.6. The number of hydrogen-bond acceptors (Lipinski definition) is 2. The Morgan fingerprint density at radius 3 is 2.64 bits per heavy atom. The van der Waals surface area contributed by atoms with E-state index in [9.17, 15) is 0 Å². The third kappa shape index (κ3) is 3.69. The van der Waals surface area contributed by atoms with Crippen molar-refractivity contribution in [2.24, 2.45) is 0 Å². The van der Waals surface area contributed by atoms with Gasteiger partial charge in [-0.15, -0.1) is 17.0 Å². The Balaban J connectivity index is 0.00000176. The number of fused-ring (bicyclic) bond motifs is 1. The van der Waals surface area contributed by atoms with E-state index in [4.69, 9.17) is 4.74 Å². The van der Waals surface area contributed by atoms with Gasteiger partial charge in [0.2, 0.25) is 0 Å². The smallest absolute Gasteiger partial charge is 0.137 e. The zero-order valence-electron chi connectivity index (χ0n) is 13.0. The highest BCUT2D eigenvalue weighted by Crippen LogP contribution is 2.22. The van der Waals surface area contributed by atoms with E-state index < -0.39 is 0 Å². The molecule has 2 aromatic heterocycles. The average Bonchev–Trinajstić information content (AvgIpc) is 2.91.